The fourth-order valence-corrected chi connectivity index (χ4v) is 2.50. The highest BCUT2D eigenvalue weighted by molar-refractivity contribution is 5.56. The normalized spacial score (nSPS) is 15.9. The number of hydrogen-bond acceptors (Lipinski definition) is 3. The fourth-order valence-electron chi connectivity index (χ4n) is 2.50. The molecule has 102 valence electrons. The average molecular weight is 259 g/mol. The van der Waals surface area contributed by atoms with E-state index in [9.17, 15) is 0 Å². The molecule has 0 saturated heterocycles. The molecule has 0 aliphatic heterocycles. The summed E-state index contributed by atoms with van der Waals surface area (Å²) in [6.07, 6.45) is 4.56. The molecule has 1 fully saturated rings. The van der Waals surface area contributed by atoms with Crippen LogP contribution in [0.3, 0.4) is 0 Å². The summed E-state index contributed by atoms with van der Waals surface area (Å²) in [7, 11) is 0. The predicted octanol–water partition coefficient (Wildman–Crippen LogP) is 3.26. The Kier molecular flexibility index (Phi) is 2.97. The molecule has 0 spiro atoms. The summed E-state index contributed by atoms with van der Waals surface area (Å²) in [4.78, 5) is 0. The van der Waals surface area contributed by atoms with E-state index < -0.39 is 0 Å². The molecular formula is C15H21N3O. The first-order valence-corrected chi connectivity index (χ1v) is 6.90. The van der Waals surface area contributed by atoms with Crippen molar-refractivity contribution in [1.29, 1.82) is 0 Å². The molecule has 0 aromatic carbocycles. The number of nitrogens with zero attached hydrogens (tertiary/aromatic N) is 1. The van der Waals surface area contributed by atoms with Gasteiger partial charge >= 0.3 is 0 Å². The minimum atomic E-state index is 0.202. The smallest absolute Gasteiger partial charge is 0.152 e. The summed E-state index contributed by atoms with van der Waals surface area (Å²) in [6.45, 7) is 7.33. The van der Waals surface area contributed by atoms with Crippen molar-refractivity contribution in [3.8, 4) is 11.5 Å². The SMILES string of the molecule is Cc1ccc(-c2[nH]ncc2CNC(C)(C)C2CC2)o1. The number of hydrogen-bond donors (Lipinski definition) is 2. The summed E-state index contributed by atoms with van der Waals surface area (Å²) in [5.74, 6) is 2.59. The third kappa shape index (κ3) is 2.59. The first-order chi connectivity index (χ1) is 9.06. The summed E-state index contributed by atoms with van der Waals surface area (Å²) < 4.78 is 5.66. The van der Waals surface area contributed by atoms with Crippen molar-refractivity contribution >= 4 is 0 Å². The van der Waals surface area contributed by atoms with Crippen molar-refractivity contribution in [2.75, 3.05) is 0 Å². The van der Waals surface area contributed by atoms with Gasteiger partial charge in [-0.1, -0.05) is 0 Å². The van der Waals surface area contributed by atoms with Crippen LogP contribution in [0.2, 0.25) is 0 Å². The molecule has 3 rings (SSSR count). The molecule has 4 nitrogen and oxygen atoms in total. The fraction of sp³-hybridized carbons (Fsp3) is 0.533. The lowest BCUT2D eigenvalue weighted by Gasteiger charge is -2.26. The van der Waals surface area contributed by atoms with Crippen molar-refractivity contribution in [3.05, 3.63) is 29.7 Å². The van der Waals surface area contributed by atoms with Crippen molar-refractivity contribution in [2.45, 2.75) is 45.7 Å². The first-order valence-electron chi connectivity index (χ1n) is 6.90. The van der Waals surface area contributed by atoms with Gasteiger partial charge in [-0.25, -0.2) is 0 Å². The van der Waals surface area contributed by atoms with Crippen molar-refractivity contribution in [2.24, 2.45) is 5.92 Å². The Labute approximate surface area is 113 Å². The molecule has 2 aromatic heterocycles. The van der Waals surface area contributed by atoms with E-state index in [0.717, 1.165) is 35.2 Å². The van der Waals surface area contributed by atoms with Crippen LogP contribution in [-0.2, 0) is 6.54 Å². The van der Waals surface area contributed by atoms with E-state index in [-0.39, 0.29) is 5.54 Å². The quantitative estimate of drug-likeness (QED) is 0.866. The van der Waals surface area contributed by atoms with Crippen molar-refractivity contribution in [1.82, 2.24) is 15.5 Å². The highest BCUT2D eigenvalue weighted by Crippen LogP contribution is 2.39. The van der Waals surface area contributed by atoms with E-state index >= 15 is 0 Å². The Bertz CT molecular complexity index is 563. The van der Waals surface area contributed by atoms with Crippen LogP contribution in [-0.4, -0.2) is 15.7 Å². The molecule has 0 bridgehead atoms. The molecule has 4 heteroatoms. The predicted molar refractivity (Wildman–Crippen MR) is 74.7 cm³/mol. The molecule has 0 unspecified atom stereocenters. The van der Waals surface area contributed by atoms with E-state index in [1.807, 2.05) is 25.3 Å². The lowest BCUT2D eigenvalue weighted by molar-refractivity contribution is 0.339. The number of H-pyrrole nitrogens is 1. The molecule has 2 N–H and O–H groups in total. The standard InChI is InChI=1S/C15H21N3O/c1-10-4-7-13(19-10)14-11(9-17-18-14)8-16-15(2,3)12-5-6-12/h4,7,9,12,16H,5-6,8H2,1-3H3,(H,17,18). The number of aromatic amines is 1. The molecular weight excluding hydrogens is 238 g/mol. The Morgan fingerprint density at radius 1 is 1.42 bits per heavy atom. The minimum Gasteiger partial charge on any atom is -0.460 e. The Balaban J connectivity index is 1.73. The maximum Gasteiger partial charge on any atom is 0.152 e. The molecule has 1 aliphatic rings. The summed E-state index contributed by atoms with van der Waals surface area (Å²) in [6, 6.07) is 3.96. The average Bonchev–Trinajstić information content (AvgIpc) is 2.99. The van der Waals surface area contributed by atoms with Gasteiger partial charge < -0.3 is 9.73 Å². The highest BCUT2D eigenvalue weighted by Gasteiger charge is 2.37. The highest BCUT2D eigenvalue weighted by atomic mass is 16.3. The second-order valence-corrected chi connectivity index (χ2v) is 6.03. The maximum absolute atomic E-state index is 5.66. The largest absolute Gasteiger partial charge is 0.460 e. The lowest BCUT2D eigenvalue weighted by Crippen LogP contribution is -2.40. The maximum atomic E-state index is 5.66. The lowest BCUT2D eigenvalue weighted by atomic mass is 9.98. The number of rotatable bonds is 5. The molecule has 1 aliphatic carbocycles. The number of nitrogens with one attached hydrogen (secondary N) is 2. The van der Waals surface area contributed by atoms with Gasteiger partial charge in [0.25, 0.3) is 0 Å². The van der Waals surface area contributed by atoms with Crippen molar-refractivity contribution < 1.29 is 4.42 Å². The van der Waals surface area contributed by atoms with Crippen LogP contribution in [0.15, 0.2) is 22.7 Å². The van der Waals surface area contributed by atoms with Gasteiger partial charge in [-0.3, -0.25) is 5.10 Å². The van der Waals surface area contributed by atoms with Gasteiger partial charge in [-0.05, 0) is 51.7 Å². The van der Waals surface area contributed by atoms with Crippen LogP contribution in [0.1, 0.15) is 38.0 Å². The number of aryl methyl sites for hydroxylation is 1. The zero-order valence-electron chi connectivity index (χ0n) is 11.8. The van der Waals surface area contributed by atoms with E-state index in [0.29, 0.717) is 0 Å². The van der Waals surface area contributed by atoms with E-state index in [1.54, 1.807) is 0 Å². The van der Waals surface area contributed by atoms with Crippen LogP contribution < -0.4 is 5.32 Å². The molecule has 19 heavy (non-hydrogen) atoms. The molecule has 0 amide bonds. The van der Waals surface area contributed by atoms with Crippen LogP contribution in [0.25, 0.3) is 11.5 Å². The Morgan fingerprint density at radius 3 is 2.84 bits per heavy atom. The molecule has 2 aromatic rings. The van der Waals surface area contributed by atoms with E-state index in [4.69, 9.17) is 4.42 Å². The zero-order valence-corrected chi connectivity index (χ0v) is 11.8. The Hall–Kier alpha value is -1.55. The number of furan rings is 1. The van der Waals surface area contributed by atoms with Gasteiger partial charge in [0.05, 0.1) is 6.20 Å². The molecule has 2 heterocycles. The second kappa shape index (κ2) is 4.53. The van der Waals surface area contributed by atoms with Gasteiger partial charge in [0.2, 0.25) is 0 Å². The summed E-state index contributed by atoms with van der Waals surface area (Å²) in [5.41, 5.74) is 2.34. The first kappa shape index (κ1) is 12.5. The number of aromatic nitrogens is 2. The van der Waals surface area contributed by atoms with Crippen molar-refractivity contribution in [3.63, 3.8) is 0 Å². The summed E-state index contributed by atoms with van der Waals surface area (Å²) in [5, 5.41) is 10.8. The summed E-state index contributed by atoms with van der Waals surface area (Å²) >= 11 is 0. The van der Waals surface area contributed by atoms with Gasteiger partial charge in [0.15, 0.2) is 5.76 Å². The van der Waals surface area contributed by atoms with Gasteiger partial charge in [0, 0.05) is 17.6 Å². The van der Waals surface area contributed by atoms with E-state index in [1.165, 1.54) is 12.8 Å². The third-order valence-corrected chi connectivity index (χ3v) is 4.04. The van der Waals surface area contributed by atoms with Gasteiger partial charge in [-0.2, -0.15) is 5.10 Å². The second-order valence-electron chi connectivity index (χ2n) is 6.03. The molecule has 0 atom stereocenters. The minimum absolute atomic E-state index is 0.202. The van der Waals surface area contributed by atoms with Gasteiger partial charge in [0.1, 0.15) is 11.5 Å². The van der Waals surface area contributed by atoms with Crippen LogP contribution in [0.4, 0.5) is 0 Å². The topological polar surface area (TPSA) is 53.9 Å². The zero-order chi connectivity index (χ0) is 13.5. The Morgan fingerprint density at radius 2 is 2.21 bits per heavy atom. The third-order valence-electron chi connectivity index (χ3n) is 4.04. The molecule has 0 radical (unpaired) electrons. The van der Waals surface area contributed by atoms with Crippen LogP contribution in [0, 0.1) is 12.8 Å². The van der Waals surface area contributed by atoms with Crippen LogP contribution >= 0.6 is 0 Å². The van der Waals surface area contributed by atoms with Crippen LogP contribution in [0.5, 0.6) is 0 Å². The van der Waals surface area contributed by atoms with Gasteiger partial charge in [-0.15, -0.1) is 0 Å². The monoisotopic (exact) mass is 259 g/mol. The molecule has 1 saturated carbocycles. The van der Waals surface area contributed by atoms with E-state index in [2.05, 4.69) is 29.4 Å².